The Balaban J connectivity index is 1.02. The molecule has 4 fully saturated rings. The lowest BCUT2D eigenvalue weighted by atomic mass is 9.47. The molecule has 0 aromatic rings. The fourth-order valence-electron chi connectivity index (χ4n) is 11.2. The maximum absolute atomic E-state index is 12.7. The number of ether oxygens (including phenoxy) is 2. The fourth-order valence-corrected chi connectivity index (χ4v) is 11.2. The maximum Gasteiger partial charge on any atom is 0.407 e. The minimum absolute atomic E-state index is 0.0212. The van der Waals surface area contributed by atoms with Crippen LogP contribution >= 0.6 is 0 Å². The predicted octanol–water partition coefficient (Wildman–Crippen LogP) is 8.27. The summed E-state index contributed by atoms with van der Waals surface area (Å²) >= 11 is 0. The summed E-state index contributed by atoms with van der Waals surface area (Å²) in [5.74, 6) is 3.16. The Morgan fingerprint density at radius 3 is 2.53 bits per heavy atom. The number of hydrogen-bond donors (Lipinski definition) is 1. The van der Waals surface area contributed by atoms with Gasteiger partial charge in [0.15, 0.2) is 5.78 Å². The van der Waals surface area contributed by atoms with Crippen molar-refractivity contribution >= 4 is 23.8 Å². The summed E-state index contributed by atoms with van der Waals surface area (Å²) in [6, 6.07) is 0. The van der Waals surface area contributed by atoms with E-state index in [0.717, 1.165) is 67.6 Å². The van der Waals surface area contributed by atoms with E-state index in [2.05, 4.69) is 46.0 Å². The molecule has 8 nitrogen and oxygen atoms in total. The quantitative estimate of drug-likeness (QED) is 0.0857. The molecule has 0 radical (unpaired) electrons. The molecule has 0 aromatic heterocycles. The van der Waals surface area contributed by atoms with Crippen molar-refractivity contribution in [3.8, 4) is 0 Å². The lowest BCUT2D eigenvalue weighted by molar-refractivity contribution is -0.149. The number of carbonyl (C=O) groups excluding carboxylic acids is 4. The van der Waals surface area contributed by atoms with Crippen molar-refractivity contribution in [2.45, 2.75) is 144 Å². The van der Waals surface area contributed by atoms with E-state index >= 15 is 0 Å². The summed E-state index contributed by atoms with van der Waals surface area (Å²) in [7, 11) is 0. The molecule has 0 aromatic carbocycles. The van der Waals surface area contributed by atoms with Gasteiger partial charge < -0.3 is 19.7 Å². The van der Waals surface area contributed by atoms with E-state index in [0.29, 0.717) is 24.8 Å². The Kier molecular flexibility index (Phi) is 12.6. The summed E-state index contributed by atoms with van der Waals surface area (Å²) in [5.41, 5.74) is 2.27. The molecule has 2 amide bonds. The van der Waals surface area contributed by atoms with Gasteiger partial charge in [0.25, 0.3) is 0 Å². The first-order valence-corrected chi connectivity index (χ1v) is 20.0. The Morgan fingerprint density at radius 2 is 1.78 bits per heavy atom. The Labute approximate surface area is 296 Å². The van der Waals surface area contributed by atoms with E-state index in [1.807, 2.05) is 0 Å². The molecule has 49 heavy (non-hydrogen) atoms. The molecule has 5 rings (SSSR count). The number of unbranched alkanes of at least 4 members (excludes halogenated alkanes) is 2. The van der Waals surface area contributed by atoms with Crippen LogP contribution < -0.4 is 5.32 Å². The summed E-state index contributed by atoms with van der Waals surface area (Å²) in [5, 5.41) is 2.92. The Hall–Kier alpha value is -2.38. The smallest absolute Gasteiger partial charge is 0.407 e. The molecule has 5 aliphatic rings. The second-order valence-electron chi connectivity index (χ2n) is 17.3. The number of alkyl carbamates (subject to hydrolysis) is 1. The molecule has 3 saturated carbocycles. The molecule has 0 spiro atoms. The van der Waals surface area contributed by atoms with Gasteiger partial charge in [-0.1, -0.05) is 72.0 Å². The zero-order valence-electron chi connectivity index (χ0n) is 31.5. The molecule has 1 aliphatic heterocycles. The molecule has 9 atom stereocenters. The highest BCUT2D eigenvalue weighted by atomic mass is 16.6. The SMILES string of the molecule is CCOC(=O)C1CN(C(=O)CCCCCNC(=O)O[C@H]2CC[C@@]3(C)C(=CCC4C5CCC(C(C)CCCC(C)C)[C@@]5(C)CCC43)C2)CC1=O. The van der Waals surface area contributed by atoms with Gasteiger partial charge in [-0.05, 0) is 111 Å². The molecule has 6 unspecified atom stereocenters. The predicted molar refractivity (Wildman–Crippen MR) is 191 cm³/mol. The van der Waals surface area contributed by atoms with Crippen molar-refractivity contribution in [3.05, 3.63) is 11.6 Å². The van der Waals surface area contributed by atoms with Crippen LogP contribution in [0.5, 0.6) is 0 Å². The highest BCUT2D eigenvalue weighted by molar-refractivity contribution is 6.04. The first-order chi connectivity index (χ1) is 23.4. The number of ketones is 1. The Morgan fingerprint density at radius 1 is 0.980 bits per heavy atom. The summed E-state index contributed by atoms with van der Waals surface area (Å²) in [6.45, 7) is 15.0. The van der Waals surface area contributed by atoms with Crippen molar-refractivity contribution in [1.29, 1.82) is 0 Å². The van der Waals surface area contributed by atoms with Crippen LogP contribution in [0.15, 0.2) is 11.6 Å². The number of amides is 2. The number of esters is 1. The minimum Gasteiger partial charge on any atom is -0.465 e. The van der Waals surface area contributed by atoms with Gasteiger partial charge in [-0.3, -0.25) is 14.4 Å². The minimum atomic E-state index is -0.856. The van der Waals surface area contributed by atoms with E-state index in [4.69, 9.17) is 9.47 Å². The Bertz CT molecular complexity index is 1230. The topological polar surface area (TPSA) is 102 Å². The van der Waals surface area contributed by atoms with Crippen LogP contribution in [0.1, 0.15) is 138 Å². The molecule has 4 aliphatic carbocycles. The van der Waals surface area contributed by atoms with Crippen LogP contribution in [0.3, 0.4) is 0 Å². The molecular formula is C41H66N2O6. The third-order valence-corrected chi connectivity index (χ3v) is 13.9. The summed E-state index contributed by atoms with van der Waals surface area (Å²) < 4.78 is 10.9. The highest BCUT2D eigenvalue weighted by Gasteiger charge is 2.59. The van der Waals surface area contributed by atoms with Gasteiger partial charge in [-0.25, -0.2) is 4.79 Å². The first kappa shape index (κ1) is 37.9. The van der Waals surface area contributed by atoms with E-state index in [-0.39, 0.29) is 49.0 Å². The number of allylic oxidation sites excluding steroid dienone is 1. The van der Waals surface area contributed by atoms with Gasteiger partial charge in [0.1, 0.15) is 12.0 Å². The number of Topliss-reactive ketones (excluding diaryl/α,β-unsaturated/α-hetero) is 1. The van der Waals surface area contributed by atoms with Crippen LogP contribution in [0, 0.1) is 52.3 Å². The molecule has 1 heterocycles. The second kappa shape index (κ2) is 16.3. The molecule has 0 bridgehead atoms. The number of likely N-dealkylation sites (tertiary alicyclic amines) is 1. The zero-order valence-corrected chi connectivity index (χ0v) is 31.5. The molecular weight excluding hydrogens is 616 g/mol. The largest absolute Gasteiger partial charge is 0.465 e. The number of nitrogens with zero attached hydrogens (tertiary/aromatic N) is 1. The van der Waals surface area contributed by atoms with E-state index < -0.39 is 11.9 Å². The van der Waals surface area contributed by atoms with Crippen LogP contribution in [-0.2, 0) is 23.9 Å². The van der Waals surface area contributed by atoms with Gasteiger partial charge >= 0.3 is 12.1 Å². The summed E-state index contributed by atoms with van der Waals surface area (Å²) in [4.78, 5) is 50.8. The van der Waals surface area contributed by atoms with Gasteiger partial charge in [0.2, 0.25) is 5.91 Å². The molecule has 1 saturated heterocycles. The van der Waals surface area contributed by atoms with Crippen LogP contribution in [0.4, 0.5) is 4.79 Å². The monoisotopic (exact) mass is 682 g/mol. The maximum atomic E-state index is 12.7. The van der Waals surface area contributed by atoms with Crippen LogP contribution in [0.2, 0.25) is 0 Å². The van der Waals surface area contributed by atoms with E-state index in [1.54, 1.807) is 6.92 Å². The lowest BCUT2D eigenvalue weighted by Gasteiger charge is -2.58. The normalized spacial score (nSPS) is 34.5. The molecule has 1 N–H and O–H groups in total. The van der Waals surface area contributed by atoms with E-state index in [1.165, 1.54) is 61.8 Å². The van der Waals surface area contributed by atoms with E-state index in [9.17, 15) is 19.2 Å². The number of rotatable bonds is 14. The number of carbonyl (C=O) groups is 4. The third-order valence-electron chi connectivity index (χ3n) is 13.9. The number of hydrogen-bond acceptors (Lipinski definition) is 6. The van der Waals surface area contributed by atoms with Crippen LogP contribution in [0.25, 0.3) is 0 Å². The highest BCUT2D eigenvalue weighted by Crippen LogP contribution is 2.67. The average Bonchev–Trinajstić information content (AvgIpc) is 3.62. The lowest BCUT2D eigenvalue weighted by Crippen LogP contribution is -2.51. The number of nitrogens with one attached hydrogen (secondary N) is 1. The third kappa shape index (κ3) is 8.41. The zero-order chi connectivity index (χ0) is 35.3. The van der Waals surface area contributed by atoms with Gasteiger partial charge in [-0.15, -0.1) is 0 Å². The van der Waals surface area contributed by atoms with Crippen molar-refractivity contribution in [1.82, 2.24) is 10.2 Å². The fraction of sp³-hybridized carbons (Fsp3) is 0.854. The standard InChI is InChI=1S/C41H66N2O6/c1-7-48-38(46)32-25-43(26-36(32)44)37(45)14-9-8-10-23-42-39(47)49-30-19-21-40(5)29(24-30)15-16-31-34-18-17-33(28(4)13-11-12-27(2)3)41(34,6)22-20-35(31)40/h15,27-28,30-35H,7-14,16-26H2,1-6H3,(H,42,47)/t28?,30-,31?,32?,33?,34?,35?,40-,41+/m0/s1. The number of fused-ring (bicyclic) bond motifs is 5. The van der Waals surface area contributed by atoms with Gasteiger partial charge in [0, 0.05) is 25.9 Å². The van der Waals surface area contributed by atoms with Crippen LogP contribution in [-0.4, -0.2) is 61.0 Å². The van der Waals surface area contributed by atoms with Gasteiger partial charge in [-0.2, -0.15) is 0 Å². The van der Waals surface area contributed by atoms with Crippen molar-refractivity contribution in [2.24, 2.45) is 52.3 Å². The van der Waals surface area contributed by atoms with Crippen molar-refractivity contribution < 1.29 is 28.7 Å². The first-order valence-electron chi connectivity index (χ1n) is 20.0. The molecule has 276 valence electrons. The average molecular weight is 683 g/mol. The van der Waals surface area contributed by atoms with Crippen molar-refractivity contribution in [3.63, 3.8) is 0 Å². The van der Waals surface area contributed by atoms with Crippen molar-refractivity contribution in [2.75, 3.05) is 26.2 Å². The summed E-state index contributed by atoms with van der Waals surface area (Å²) in [6.07, 6.45) is 18.5. The van der Waals surface area contributed by atoms with Gasteiger partial charge in [0.05, 0.1) is 13.2 Å². The second-order valence-corrected chi connectivity index (χ2v) is 17.3. The molecule has 8 heteroatoms.